The van der Waals surface area contributed by atoms with E-state index in [2.05, 4.69) is 0 Å². The Bertz CT molecular complexity index is 889. The molecule has 9 heteroatoms. The third kappa shape index (κ3) is 3.86. The van der Waals surface area contributed by atoms with Crippen molar-refractivity contribution >= 4 is 5.69 Å². The number of phenolic OH excluding ortho intramolecular Hbond substituents is 1. The van der Waals surface area contributed by atoms with E-state index in [0.29, 0.717) is 35.7 Å². The summed E-state index contributed by atoms with van der Waals surface area (Å²) in [6.45, 7) is 0. The van der Waals surface area contributed by atoms with Crippen LogP contribution in [0.3, 0.4) is 0 Å². The van der Waals surface area contributed by atoms with Crippen molar-refractivity contribution in [1.82, 2.24) is 0 Å². The van der Waals surface area contributed by atoms with Crippen molar-refractivity contribution in [2.75, 3.05) is 28.4 Å². The van der Waals surface area contributed by atoms with Crippen LogP contribution >= 0.6 is 0 Å². The van der Waals surface area contributed by atoms with Crippen LogP contribution in [0, 0.1) is 10.1 Å². The van der Waals surface area contributed by atoms with Crippen LogP contribution in [0.15, 0.2) is 24.3 Å². The Morgan fingerprint density at radius 1 is 0.897 bits per heavy atom. The number of ether oxygens (including phenoxy) is 5. The molecule has 1 aliphatic rings. The number of nitro groups is 1. The predicted octanol–water partition coefficient (Wildman–Crippen LogP) is 3.93. The molecule has 2 atom stereocenters. The Morgan fingerprint density at radius 3 is 1.83 bits per heavy atom. The van der Waals surface area contributed by atoms with E-state index < -0.39 is 16.4 Å². The SMILES string of the molecule is COc1cc([C@@H]2CC[C@@H](c3cc(OC)c(OC)c(OC)c3)O2)cc([N+](=O)[O-])c1O. The lowest BCUT2D eigenvalue weighted by atomic mass is 10.0. The number of hydrogen-bond acceptors (Lipinski definition) is 8. The molecular weight excluding hydrogens is 382 g/mol. The van der Waals surface area contributed by atoms with Gasteiger partial charge in [-0.3, -0.25) is 10.1 Å². The highest BCUT2D eigenvalue weighted by molar-refractivity contribution is 5.58. The van der Waals surface area contributed by atoms with Crippen LogP contribution < -0.4 is 18.9 Å². The van der Waals surface area contributed by atoms with E-state index in [1.807, 2.05) is 12.1 Å². The van der Waals surface area contributed by atoms with E-state index >= 15 is 0 Å². The molecule has 9 nitrogen and oxygen atoms in total. The normalized spacial score (nSPS) is 18.3. The molecule has 0 spiro atoms. The fourth-order valence-electron chi connectivity index (χ4n) is 3.51. The van der Waals surface area contributed by atoms with Gasteiger partial charge in [0.2, 0.25) is 11.5 Å². The largest absolute Gasteiger partial charge is 0.500 e. The quantitative estimate of drug-likeness (QED) is 0.545. The second kappa shape index (κ2) is 8.44. The van der Waals surface area contributed by atoms with Crippen molar-refractivity contribution in [1.29, 1.82) is 0 Å². The van der Waals surface area contributed by atoms with Gasteiger partial charge in [0.1, 0.15) is 0 Å². The zero-order valence-electron chi connectivity index (χ0n) is 16.6. The fraction of sp³-hybridized carbons (Fsp3) is 0.400. The van der Waals surface area contributed by atoms with E-state index in [1.165, 1.54) is 20.3 Å². The first-order chi connectivity index (χ1) is 13.9. The van der Waals surface area contributed by atoms with Crippen LogP contribution in [0.1, 0.15) is 36.2 Å². The number of nitrogens with zero attached hydrogens (tertiary/aromatic N) is 1. The summed E-state index contributed by atoms with van der Waals surface area (Å²) in [5, 5.41) is 21.2. The third-order valence-corrected chi connectivity index (χ3v) is 4.94. The highest BCUT2D eigenvalue weighted by Crippen LogP contribution is 2.48. The van der Waals surface area contributed by atoms with Gasteiger partial charge in [-0.1, -0.05) is 0 Å². The summed E-state index contributed by atoms with van der Waals surface area (Å²) in [6, 6.07) is 6.53. The maximum atomic E-state index is 11.3. The Labute approximate surface area is 167 Å². The minimum absolute atomic E-state index is 0.0361. The molecule has 3 rings (SSSR count). The van der Waals surface area contributed by atoms with Gasteiger partial charge in [0.25, 0.3) is 0 Å². The number of benzene rings is 2. The van der Waals surface area contributed by atoms with Crippen molar-refractivity contribution in [2.24, 2.45) is 0 Å². The van der Waals surface area contributed by atoms with Gasteiger partial charge in [0.05, 0.1) is 45.6 Å². The average Bonchev–Trinajstić information content (AvgIpc) is 3.22. The van der Waals surface area contributed by atoms with Gasteiger partial charge in [0.15, 0.2) is 17.2 Å². The molecular formula is C20H23NO8. The first kappa shape index (κ1) is 20.5. The summed E-state index contributed by atoms with van der Waals surface area (Å²) in [6.07, 6.45) is 0.701. The number of rotatable bonds is 7. The molecule has 0 bridgehead atoms. The average molecular weight is 405 g/mol. The van der Waals surface area contributed by atoms with Crippen LogP contribution in [0.5, 0.6) is 28.7 Å². The van der Waals surface area contributed by atoms with Crippen molar-refractivity contribution in [3.63, 3.8) is 0 Å². The summed E-state index contributed by atoms with van der Waals surface area (Å²) in [4.78, 5) is 10.6. The Kier molecular flexibility index (Phi) is 5.97. The Hall–Kier alpha value is -3.20. The molecule has 0 radical (unpaired) electrons. The molecule has 2 aromatic carbocycles. The van der Waals surface area contributed by atoms with E-state index in [0.717, 1.165) is 5.56 Å². The first-order valence-electron chi connectivity index (χ1n) is 8.94. The summed E-state index contributed by atoms with van der Waals surface area (Å²) in [5.41, 5.74) is 1.00. The molecule has 0 unspecified atom stereocenters. The topological polar surface area (TPSA) is 110 Å². The number of methoxy groups -OCH3 is 4. The van der Waals surface area contributed by atoms with Gasteiger partial charge in [-0.2, -0.15) is 0 Å². The maximum Gasteiger partial charge on any atom is 0.315 e. The van der Waals surface area contributed by atoms with Gasteiger partial charge in [0, 0.05) is 6.07 Å². The number of nitro benzene ring substituents is 1. The minimum Gasteiger partial charge on any atom is -0.500 e. The second-order valence-corrected chi connectivity index (χ2v) is 6.50. The standard InChI is InChI=1S/C20H23NO8/c1-25-16-8-11(7-13(19(16)22)21(23)24)14-5-6-15(29-14)12-9-17(26-2)20(28-4)18(10-12)27-3/h7-10,14-15,22H,5-6H2,1-4H3/t14-,15-/m0/s1. The summed E-state index contributed by atoms with van der Waals surface area (Å²) in [5.74, 6) is 1.08. The molecule has 1 aliphatic heterocycles. The molecule has 29 heavy (non-hydrogen) atoms. The van der Waals surface area contributed by atoms with Gasteiger partial charge >= 0.3 is 5.69 Å². The fourth-order valence-corrected chi connectivity index (χ4v) is 3.51. The van der Waals surface area contributed by atoms with Crippen molar-refractivity contribution in [3.8, 4) is 28.7 Å². The molecule has 1 fully saturated rings. The Balaban J connectivity index is 1.91. The molecule has 1 saturated heterocycles. The van der Waals surface area contributed by atoms with Crippen molar-refractivity contribution in [3.05, 3.63) is 45.5 Å². The lowest BCUT2D eigenvalue weighted by Crippen LogP contribution is -2.03. The lowest BCUT2D eigenvalue weighted by Gasteiger charge is -2.18. The molecule has 2 aromatic rings. The van der Waals surface area contributed by atoms with E-state index in [4.69, 9.17) is 23.7 Å². The molecule has 0 aromatic heterocycles. The van der Waals surface area contributed by atoms with Gasteiger partial charge in [-0.25, -0.2) is 0 Å². The van der Waals surface area contributed by atoms with E-state index in [9.17, 15) is 15.2 Å². The number of phenols is 1. The summed E-state index contributed by atoms with van der Waals surface area (Å²) in [7, 11) is 5.96. The van der Waals surface area contributed by atoms with Crippen LogP contribution in [-0.2, 0) is 4.74 Å². The maximum absolute atomic E-state index is 11.3. The number of aromatic hydroxyl groups is 1. The second-order valence-electron chi connectivity index (χ2n) is 6.50. The Morgan fingerprint density at radius 2 is 1.38 bits per heavy atom. The molecule has 0 aliphatic carbocycles. The third-order valence-electron chi connectivity index (χ3n) is 4.94. The van der Waals surface area contributed by atoms with E-state index in [1.54, 1.807) is 20.3 Å². The number of hydrogen-bond donors (Lipinski definition) is 1. The minimum atomic E-state index is -0.646. The van der Waals surface area contributed by atoms with Crippen molar-refractivity contribution in [2.45, 2.75) is 25.0 Å². The summed E-state index contributed by atoms with van der Waals surface area (Å²) < 4.78 is 27.4. The van der Waals surface area contributed by atoms with Gasteiger partial charge in [-0.05, 0) is 42.2 Å². The molecule has 1 N–H and O–H groups in total. The van der Waals surface area contributed by atoms with Crippen LogP contribution in [0.25, 0.3) is 0 Å². The molecule has 1 heterocycles. The van der Waals surface area contributed by atoms with Gasteiger partial charge < -0.3 is 28.8 Å². The zero-order chi connectivity index (χ0) is 21.1. The van der Waals surface area contributed by atoms with Crippen LogP contribution in [0.4, 0.5) is 5.69 Å². The monoisotopic (exact) mass is 405 g/mol. The molecule has 0 amide bonds. The molecule has 156 valence electrons. The zero-order valence-corrected chi connectivity index (χ0v) is 16.6. The highest BCUT2D eigenvalue weighted by Gasteiger charge is 2.32. The summed E-state index contributed by atoms with van der Waals surface area (Å²) >= 11 is 0. The lowest BCUT2D eigenvalue weighted by molar-refractivity contribution is -0.386. The smallest absolute Gasteiger partial charge is 0.315 e. The predicted molar refractivity (Wildman–Crippen MR) is 103 cm³/mol. The first-order valence-corrected chi connectivity index (χ1v) is 8.94. The van der Waals surface area contributed by atoms with E-state index in [-0.39, 0.29) is 18.0 Å². The highest BCUT2D eigenvalue weighted by atomic mass is 16.6. The van der Waals surface area contributed by atoms with Crippen LogP contribution in [-0.4, -0.2) is 38.5 Å². The molecule has 0 saturated carbocycles. The van der Waals surface area contributed by atoms with Crippen LogP contribution in [0.2, 0.25) is 0 Å². The van der Waals surface area contributed by atoms with Crippen molar-refractivity contribution < 1.29 is 33.7 Å². The van der Waals surface area contributed by atoms with Gasteiger partial charge in [-0.15, -0.1) is 0 Å².